The van der Waals surface area contributed by atoms with Gasteiger partial charge in [0.1, 0.15) is 19.7 Å². The Hall–Kier alpha value is -2.88. The van der Waals surface area contributed by atoms with Crippen molar-refractivity contribution in [2.75, 3.05) is 26.3 Å². The highest BCUT2D eigenvalue weighted by atomic mass is 32.2. The lowest BCUT2D eigenvalue weighted by Gasteiger charge is -2.08. The van der Waals surface area contributed by atoms with Crippen molar-refractivity contribution < 1.29 is 32.3 Å². The lowest BCUT2D eigenvalue weighted by atomic mass is 10.2. The molecule has 0 saturated carbocycles. The van der Waals surface area contributed by atoms with Crippen LogP contribution in [0.25, 0.3) is 6.08 Å². The summed E-state index contributed by atoms with van der Waals surface area (Å²) in [7, 11) is -3.67. The van der Waals surface area contributed by atoms with Gasteiger partial charge in [0.25, 0.3) is 0 Å². The Morgan fingerprint density at radius 3 is 2.46 bits per heavy atom. The maximum Gasteiger partial charge on any atom is 0.407 e. The number of carbonyl (C=O) groups excluding carboxylic acids is 3. The van der Waals surface area contributed by atoms with Crippen molar-refractivity contribution in [1.82, 2.24) is 10.6 Å². The van der Waals surface area contributed by atoms with Crippen LogP contribution < -0.4 is 10.6 Å². The Morgan fingerprint density at radius 1 is 1.04 bits per heavy atom. The van der Waals surface area contributed by atoms with Crippen molar-refractivity contribution in [2.45, 2.75) is 11.8 Å². The Kier molecular flexibility index (Phi) is 6.34. The molecular formula is C16H18N2O7S. The number of alkyl carbamates (subject to hydrolysis) is 1. The fourth-order valence-electron chi connectivity index (χ4n) is 2.14. The number of nitrogens with one attached hydrogen (secondary N) is 2. The average molecular weight is 382 g/mol. The van der Waals surface area contributed by atoms with Crippen LogP contribution in [0.3, 0.4) is 0 Å². The minimum absolute atomic E-state index is 0.0411. The van der Waals surface area contributed by atoms with Crippen LogP contribution in [0.1, 0.15) is 12.5 Å². The van der Waals surface area contributed by atoms with Gasteiger partial charge in [-0.2, -0.15) is 0 Å². The molecule has 26 heavy (non-hydrogen) atoms. The molecular weight excluding hydrogens is 364 g/mol. The van der Waals surface area contributed by atoms with Gasteiger partial charge in [-0.05, 0) is 24.6 Å². The summed E-state index contributed by atoms with van der Waals surface area (Å²) in [5.41, 5.74) is 0.532. The summed E-state index contributed by atoms with van der Waals surface area (Å²) in [4.78, 5) is 34.3. The fraction of sp³-hybridized carbons (Fsp3) is 0.312. The molecule has 1 heterocycles. The zero-order chi connectivity index (χ0) is 19.2. The molecule has 0 aliphatic carbocycles. The topological polar surface area (TPSA) is 128 Å². The zero-order valence-electron chi connectivity index (χ0n) is 14.0. The first-order valence-corrected chi connectivity index (χ1v) is 9.20. The second kappa shape index (κ2) is 8.48. The fourth-order valence-corrected chi connectivity index (χ4v) is 3.62. The quantitative estimate of drug-likeness (QED) is 0.646. The monoisotopic (exact) mass is 382 g/mol. The molecule has 2 amide bonds. The third kappa shape index (κ3) is 4.82. The Morgan fingerprint density at radius 2 is 1.77 bits per heavy atom. The molecule has 0 atom stereocenters. The molecule has 0 unspecified atom stereocenters. The number of benzene rings is 1. The minimum atomic E-state index is -3.67. The highest BCUT2D eigenvalue weighted by Gasteiger charge is 2.29. The van der Waals surface area contributed by atoms with Crippen LogP contribution in [-0.4, -0.2) is 52.7 Å². The molecule has 0 aromatic heterocycles. The molecule has 9 nitrogen and oxygen atoms in total. The van der Waals surface area contributed by atoms with E-state index in [0.29, 0.717) is 5.56 Å². The van der Waals surface area contributed by atoms with E-state index in [2.05, 4.69) is 15.4 Å². The molecule has 140 valence electrons. The smallest absolute Gasteiger partial charge is 0.407 e. The molecule has 2 N–H and O–H groups in total. The summed E-state index contributed by atoms with van der Waals surface area (Å²) in [6, 6.07) is 6.43. The minimum Gasteiger partial charge on any atom is -0.465 e. The standard InChI is InChI=1S/C16H18N2O7S/c1-2-24-15(20)9-17-14(19)8-18-16(21)25-10-12-7-11-5-3-4-6-13(11)26(12,22)23/h3-7H,2,8-10H2,1H3,(H,17,19)(H,18,21). The van der Waals surface area contributed by atoms with Crippen LogP contribution in [0.2, 0.25) is 0 Å². The van der Waals surface area contributed by atoms with Crippen LogP contribution in [-0.2, 0) is 28.9 Å². The van der Waals surface area contributed by atoms with Crippen LogP contribution in [0, 0.1) is 0 Å². The van der Waals surface area contributed by atoms with Gasteiger partial charge in [-0.25, -0.2) is 13.2 Å². The predicted molar refractivity (Wildman–Crippen MR) is 90.6 cm³/mol. The molecule has 2 rings (SSSR count). The van der Waals surface area contributed by atoms with Gasteiger partial charge in [-0.3, -0.25) is 9.59 Å². The Labute approximate surface area is 150 Å². The van der Waals surface area contributed by atoms with Gasteiger partial charge in [-0.15, -0.1) is 0 Å². The van der Waals surface area contributed by atoms with Gasteiger partial charge in [0, 0.05) is 0 Å². The van der Waals surface area contributed by atoms with Gasteiger partial charge in [0.2, 0.25) is 15.7 Å². The van der Waals surface area contributed by atoms with Gasteiger partial charge < -0.3 is 20.1 Å². The van der Waals surface area contributed by atoms with Crippen molar-refractivity contribution >= 4 is 33.9 Å². The van der Waals surface area contributed by atoms with Gasteiger partial charge in [0.15, 0.2) is 0 Å². The average Bonchev–Trinajstić information content (AvgIpc) is 2.87. The van der Waals surface area contributed by atoms with Crippen molar-refractivity contribution in [2.24, 2.45) is 0 Å². The number of fused-ring (bicyclic) bond motifs is 1. The van der Waals surface area contributed by atoms with Crippen LogP contribution in [0.5, 0.6) is 0 Å². The van der Waals surface area contributed by atoms with Crippen LogP contribution in [0.15, 0.2) is 34.1 Å². The molecule has 0 fully saturated rings. The highest BCUT2D eigenvalue weighted by molar-refractivity contribution is 7.95. The first kappa shape index (κ1) is 19.4. The second-order valence-corrected chi connectivity index (χ2v) is 7.13. The Balaban J connectivity index is 1.76. The third-order valence-electron chi connectivity index (χ3n) is 3.34. The normalized spacial score (nSPS) is 14.0. The number of hydrogen-bond donors (Lipinski definition) is 2. The maximum absolute atomic E-state index is 12.3. The Bertz CT molecular complexity index is 846. The largest absolute Gasteiger partial charge is 0.465 e. The summed E-state index contributed by atoms with van der Waals surface area (Å²) in [6.45, 7) is 0.641. The summed E-state index contributed by atoms with van der Waals surface area (Å²) in [5.74, 6) is -1.21. The number of esters is 1. The van der Waals surface area contributed by atoms with Crippen molar-refractivity contribution in [3.05, 3.63) is 34.7 Å². The number of sulfone groups is 1. The molecule has 0 saturated heterocycles. The molecule has 1 aromatic carbocycles. The van der Waals surface area contributed by atoms with E-state index in [1.165, 1.54) is 12.1 Å². The molecule has 1 aromatic rings. The first-order valence-electron chi connectivity index (χ1n) is 7.72. The molecule has 0 spiro atoms. The van der Waals surface area contributed by atoms with E-state index in [4.69, 9.17) is 4.74 Å². The van der Waals surface area contributed by atoms with E-state index in [-0.39, 0.29) is 23.0 Å². The highest BCUT2D eigenvalue weighted by Crippen LogP contribution is 2.32. The summed E-state index contributed by atoms with van der Waals surface area (Å²) >= 11 is 0. The molecule has 1 aliphatic rings. The number of amides is 2. The van der Waals surface area contributed by atoms with Crippen molar-refractivity contribution in [3.63, 3.8) is 0 Å². The molecule has 10 heteroatoms. The van der Waals surface area contributed by atoms with E-state index in [1.807, 2.05) is 0 Å². The zero-order valence-corrected chi connectivity index (χ0v) is 14.8. The van der Waals surface area contributed by atoms with E-state index in [1.54, 1.807) is 25.1 Å². The molecule has 0 bridgehead atoms. The maximum atomic E-state index is 12.3. The van der Waals surface area contributed by atoms with Crippen molar-refractivity contribution in [3.8, 4) is 0 Å². The summed E-state index contributed by atoms with van der Waals surface area (Å²) < 4.78 is 34.0. The number of carbonyl (C=O) groups is 3. The summed E-state index contributed by atoms with van der Waals surface area (Å²) in [5, 5.41) is 4.42. The third-order valence-corrected chi connectivity index (χ3v) is 5.22. The second-order valence-electron chi connectivity index (χ2n) is 5.16. The van der Waals surface area contributed by atoms with Crippen molar-refractivity contribution in [1.29, 1.82) is 0 Å². The van der Waals surface area contributed by atoms with Gasteiger partial charge in [-0.1, -0.05) is 18.2 Å². The van der Waals surface area contributed by atoms with Gasteiger partial charge >= 0.3 is 12.1 Å². The predicted octanol–water partition coefficient (Wildman–Crippen LogP) is 0.220. The van der Waals surface area contributed by atoms with Gasteiger partial charge in [0.05, 0.1) is 16.4 Å². The summed E-state index contributed by atoms with van der Waals surface area (Å²) in [6.07, 6.45) is 0.479. The van der Waals surface area contributed by atoms with Crippen LogP contribution >= 0.6 is 0 Å². The number of rotatable bonds is 7. The first-order chi connectivity index (χ1) is 12.3. The van der Waals surface area contributed by atoms with E-state index in [9.17, 15) is 22.8 Å². The molecule has 0 radical (unpaired) electrons. The lowest BCUT2D eigenvalue weighted by molar-refractivity contribution is -0.143. The van der Waals surface area contributed by atoms with E-state index >= 15 is 0 Å². The SMILES string of the molecule is CCOC(=O)CNC(=O)CNC(=O)OCC1=Cc2ccccc2S1(=O)=O. The molecule has 1 aliphatic heterocycles. The van der Waals surface area contributed by atoms with Crippen LogP contribution in [0.4, 0.5) is 4.79 Å². The van der Waals surface area contributed by atoms with E-state index in [0.717, 1.165) is 0 Å². The lowest BCUT2D eigenvalue weighted by Crippen LogP contribution is -2.39. The number of ether oxygens (including phenoxy) is 2. The number of hydrogen-bond acceptors (Lipinski definition) is 7. The van der Waals surface area contributed by atoms with E-state index < -0.39 is 41.0 Å².